The molecule has 0 heterocycles. The van der Waals surface area contributed by atoms with E-state index < -0.39 is 0 Å². The van der Waals surface area contributed by atoms with Crippen molar-refractivity contribution in [1.29, 1.82) is 0 Å². The summed E-state index contributed by atoms with van der Waals surface area (Å²) in [6.45, 7) is 4.08. The van der Waals surface area contributed by atoms with E-state index in [9.17, 15) is 4.79 Å². The Morgan fingerprint density at radius 1 is 1.03 bits per heavy atom. The van der Waals surface area contributed by atoms with E-state index in [0.717, 1.165) is 28.6 Å². The van der Waals surface area contributed by atoms with Gasteiger partial charge in [-0.3, -0.25) is 0 Å². The molecule has 4 rings (SSSR count). The number of ether oxygens (including phenoxy) is 2. The highest BCUT2D eigenvalue weighted by molar-refractivity contribution is 9.10. The van der Waals surface area contributed by atoms with Crippen LogP contribution in [0.15, 0.2) is 76.1 Å². The molecule has 0 bridgehead atoms. The normalized spacial score (nSPS) is 13.7. The number of esters is 1. The van der Waals surface area contributed by atoms with E-state index in [1.54, 1.807) is 18.7 Å². The Morgan fingerprint density at radius 2 is 1.82 bits per heavy atom. The molecule has 0 saturated heterocycles. The number of benzene rings is 3. The van der Waals surface area contributed by atoms with Crippen LogP contribution in [0.2, 0.25) is 0 Å². The number of hydrogen-bond acceptors (Lipinski definition) is 4. The second-order valence-electron chi connectivity index (χ2n) is 7.91. The van der Waals surface area contributed by atoms with Gasteiger partial charge in [0.25, 0.3) is 0 Å². The topological polar surface area (TPSA) is 35.5 Å². The minimum absolute atomic E-state index is 0.0673. The maximum atomic E-state index is 11.5. The molecule has 5 heteroatoms. The first-order valence-corrected chi connectivity index (χ1v) is 12.9. The van der Waals surface area contributed by atoms with Gasteiger partial charge in [0.1, 0.15) is 5.75 Å². The molecule has 0 fully saturated rings. The average molecular weight is 523 g/mol. The van der Waals surface area contributed by atoms with Crippen molar-refractivity contribution in [1.82, 2.24) is 0 Å². The standard InChI is InChI=1S/C28H27BrO3S/c1-3-31-28(30)18-32-27-13-11-23(16-19(27)2)33-15-14-26-24-7-5-4-6-20(24)8-9-21-17-22(29)10-12-25(21)26/h4-7,10-14,16-17H,3,8-9,15,18H2,1-2H3/b26-14+. The summed E-state index contributed by atoms with van der Waals surface area (Å²) >= 11 is 5.43. The third-order valence-corrected chi connectivity index (χ3v) is 7.08. The molecular formula is C28H27BrO3S. The van der Waals surface area contributed by atoms with Gasteiger partial charge >= 0.3 is 5.97 Å². The molecule has 3 nitrogen and oxygen atoms in total. The summed E-state index contributed by atoms with van der Waals surface area (Å²) in [6, 6.07) is 21.4. The van der Waals surface area contributed by atoms with E-state index in [-0.39, 0.29) is 12.6 Å². The summed E-state index contributed by atoms with van der Waals surface area (Å²) in [5, 5.41) is 0. The number of fused-ring (bicyclic) bond motifs is 2. The minimum Gasteiger partial charge on any atom is -0.482 e. The minimum atomic E-state index is -0.349. The molecule has 0 atom stereocenters. The number of thioether (sulfide) groups is 1. The smallest absolute Gasteiger partial charge is 0.344 e. The lowest BCUT2D eigenvalue weighted by molar-refractivity contribution is -0.145. The van der Waals surface area contributed by atoms with Crippen LogP contribution < -0.4 is 4.74 Å². The zero-order valence-corrected chi connectivity index (χ0v) is 21.3. The number of aryl methyl sites for hydroxylation is 3. The lowest BCUT2D eigenvalue weighted by Gasteiger charge is -2.13. The fraction of sp³-hybridized carbons (Fsp3) is 0.250. The quantitative estimate of drug-likeness (QED) is 0.246. The zero-order chi connectivity index (χ0) is 23.2. The fourth-order valence-electron chi connectivity index (χ4n) is 4.10. The average Bonchev–Trinajstić information content (AvgIpc) is 2.95. The Kier molecular flexibility index (Phi) is 7.94. The van der Waals surface area contributed by atoms with Gasteiger partial charge in [0.2, 0.25) is 0 Å². The molecule has 33 heavy (non-hydrogen) atoms. The highest BCUT2D eigenvalue weighted by Gasteiger charge is 2.18. The zero-order valence-electron chi connectivity index (χ0n) is 18.9. The SMILES string of the molecule is CCOC(=O)COc1ccc(SC/C=C2\c3ccccc3CCc3cc(Br)ccc32)cc1C. The van der Waals surface area contributed by atoms with Crippen LogP contribution in [-0.2, 0) is 22.4 Å². The van der Waals surface area contributed by atoms with Crippen LogP contribution in [0, 0.1) is 6.92 Å². The summed E-state index contributed by atoms with van der Waals surface area (Å²) in [4.78, 5) is 12.7. The van der Waals surface area contributed by atoms with Gasteiger partial charge in [-0.15, -0.1) is 11.8 Å². The molecular weight excluding hydrogens is 496 g/mol. The molecule has 170 valence electrons. The van der Waals surface area contributed by atoms with Crippen molar-refractivity contribution in [3.05, 3.63) is 99.0 Å². The fourth-order valence-corrected chi connectivity index (χ4v) is 5.38. The molecule has 3 aromatic carbocycles. The maximum Gasteiger partial charge on any atom is 0.344 e. The Hall–Kier alpha value is -2.50. The molecule has 1 aliphatic rings. The van der Waals surface area contributed by atoms with Gasteiger partial charge in [-0.2, -0.15) is 0 Å². The second kappa shape index (κ2) is 11.1. The van der Waals surface area contributed by atoms with Crippen LogP contribution >= 0.6 is 27.7 Å². The predicted octanol–water partition coefficient (Wildman–Crippen LogP) is 7.02. The number of halogens is 1. The van der Waals surface area contributed by atoms with Gasteiger partial charge in [-0.05, 0) is 90.4 Å². The lowest BCUT2D eigenvalue weighted by atomic mass is 9.94. The Morgan fingerprint density at radius 3 is 2.64 bits per heavy atom. The first-order valence-electron chi connectivity index (χ1n) is 11.1. The van der Waals surface area contributed by atoms with Crippen molar-refractivity contribution in [2.24, 2.45) is 0 Å². The van der Waals surface area contributed by atoms with Crippen LogP contribution in [0.5, 0.6) is 5.75 Å². The van der Waals surface area contributed by atoms with Gasteiger partial charge in [0.05, 0.1) is 6.61 Å². The van der Waals surface area contributed by atoms with Crippen molar-refractivity contribution in [3.63, 3.8) is 0 Å². The Bertz CT molecular complexity index is 1190. The van der Waals surface area contributed by atoms with Crippen molar-refractivity contribution in [2.75, 3.05) is 19.0 Å². The van der Waals surface area contributed by atoms with E-state index >= 15 is 0 Å². The summed E-state index contributed by atoms with van der Waals surface area (Å²) in [6.07, 6.45) is 4.45. The molecule has 0 unspecified atom stereocenters. The van der Waals surface area contributed by atoms with Crippen molar-refractivity contribution in [2.45, 2.75) is 31.6 Å². The molecule has 0 spiro atoms. The van der Waals surface area contributed by atoms with Gasteiger partial charge < -0.3 is 9.47 Å². The van der Waals surface area contributed by atoms with Gasteiger partial charge in [-0.1, -0.05) is 52.3 Å². The maximum absolute atomic E-state index is 11.5. The van der Waals surface area contributed by atoms with Gasteiger partial charge in [0, 0.05) is 15.1 Å². The first kappa shape index (κ1) is 23.7. The summed E-state index contributed by atoms with van der Waals surface area (Å²) < 4.78 is 11.7. The van der Waals surface area contributed by atoms with Crippen molar-refractivity contribution in [3.8, 4) is 5.75 Å². The van der Waals surface area contributed by atoms with Crippen molar-refractivity contribution < 1.29 is 14.3 Å². The summed E-state index contributed by atoms with van der Waals surface area (Å²) in [7, 11) is 0. The number of carbonyl (C=O) groups is 1. The van der Waals surface area contributed by atoms with Crippen LogP contribution in [0.1, 0.15) is 34.7 Å². The highest BCUT2D eigenvalue weighted by Crippen LogP contribution is 2.35. The van der Waals surface area contributed by atoms with E-state index in [4.69, 9.17) is 9.47 Å². The van der Waals surface area contributed by atoms with Crippen LogP contribution in [0.3, 0.4) is 0 Å². The largest absolute Gasteiger partial charge is 0.482 e. The first-order chi connectivity index (χ1) is 16.0. The summed E-state index contributed by atoms with van der Waals surface area (Å²) in [5.41, 5.74) is 7.76. The van der Waals surface area contributed by atoms with Crippen LogP contribution in [0.4, 0.5) is 0 Å². The molecule has 0 amide bonds. The number of hydrogen-bond donors (Lipinski definition) is 0. The molecule has 0 aliphatic heterocycles. The molecule has 1 aliphatic carbocycles. The third kappa shape index (κ3) is 5.90. The van der Waals surface area contributed by atoms with E-state index in [2.05, 4.69) is 70.5 Å². The van der Waals surface area contributed by atoms with Gasteiger partial charge in [0.15, 0.2) is 6.61 Å². The Balaban J connectivity index is 1.51. The second-order valence-corrected chi connectivity index (χ2v) is 9.92. The highest BCUT2D eigenvalue weighted by atomic mass is 79.9. The number of rotatable bonds is 7. The van der Waals surface area contributed by atoms with Gasteiger partial charge in [-0.25, -0.2) is 4.79 Å². The third-order valence-electron chi connectivity index (χ3n) is 5.66. The van der Waals surface area contributed by atoms with E-state index in [1.807, 2.05) is 19.1 Å². The van der Waals surface area contributed by atoms with Crippen LogP contribution in [0.25, 0.3) is 5.57 Å². The molecule has 3 aromatic rings. The van der Waals surface area contributed by atoms with Crippen LogP contribution in [-0.4, -0.2) is 24.9 Å². The summed E-state index contributed by atoms with van der Waals surface area (Å²) in [5.74, 6) is 1.22. The van der Waals surface area contributed by atoms with Crippen molar-refractivity contribution >= 4 is 39.2 Å². The molecule has 0 saturated carbocycles. The molecule has 0 aromatic heterocycles. The predicted molar refractivity (Wildman–Crippen MR) is 139 cm³/mol. The van der Waals surface area contributed by atoms with E-state index in [1.165, 1.54) is 32.7 Å². The molecule has 0 radical (unpaired) electrons. The number of carbonyl (C=O) groups excluding carboxylic acids is 1. The lowest BCUT2D eigenvalue weighted by Crippen LogP contribution is -2.14. The Labute approximate surface area is 208 Å². The molecule has 0 N–H and O–H groups in total. The monoisotopic (exact) mass is 522 g/mol. The van der Waals surface area contributed by atoms with E-state index in [0.29, 0.717) is 12.4 Å².